The summed E-state index contributed by atoms with van der Waals surface area (Å²) >= 11 is 0. The zero-order valence-electron chi connectivity index (χ0n) is 18.8. The summed E-state index contributed by atoms with van der Waals surface area (Å²) in [5.41, 5.74) is 0.685. The van der Waals surface area contributed by atoms with Gasteiger partial charge >= 0.3 is 0 Å². The van der Waals surface area contributed by atoms with Crippen LogP contribution in [0.1, 0.15) is 38.1 Å². The molecule has 10 nitrogen and oxygen atoms in total. The van der Waals surface area contributed by atoms with Gasteiger partial charge in [0.2, 0.25) is 5.91 Å². The Balaban J connectivity index is 1.58. The molecule has 1 saturated heterocycles. The van der Waals surface area contributed by atoms with E-state index in [1.807, 2.05) is 0 Å². The van der Waals surface area contributed by atoms with Crippen LogP contribution in [0.5, 0.6) is 0 Å². The van der Waals surface area contributed by atoms with Crippen molar-refractivity contribution in [1.82, 2.24) is 19.6 Å². The molecule has 2 aliphatic rings. The van der Waals surface area contributed by atoms with Gasteiger partial charge in [-0.1, -0.05) is 0 Å². The number of sulfone groups is 1. The van der Waals surface area contributed by atoms with E-state index in [0.717, 1.165) is 12.8 Å². The maximum atomic E-state index is 13.5. The SMILES string of the molecule is [C-]#[N+]c1cc(S(=O)(=O)C2CC2)c2cnn([C@@H](CC3CCOCC3)C(=O)Nc3ccn(C)n3)c2c1. The van der Waals surface area contributed by atoms with Crippen LogP contribution in [0.3, 0.4) is 0 Å². The fraction of sp³-hybridized carbons (Fsp3) is 0.478. The zero-order valence-corrected chi connectivity index (χ0v) is 19.7. The van der Waals surface area contributed by atoms with Crippen molar-refractivity contribution in [2.45, 2.75) is 48.3 Å². The maximum absolute atomic E-state index is 13.5. The molecule has 1 atom stereocenters. The van der Waals surface area contributed by atoms with Gasteiger partial charge in [-0.25, -0.2) is 13.3 Å². The molecule has 178 valence electrons. The lowest BCUT2D eigenvalue weighted by atomic mass is 9.92. The molecule has 0 radical (unpaired) electrons. The number of anilines is 1. The van der Waals surface area contributed by atoms with Gasteiger partial charge in [-0.2, -0.15) is 10.2 Å². The van der Waals surface area contributed by atoms with Crippen molar-refractivity contribution in [3.63, 3.8) is 0 Å². The molecule has 11 heteroatoms. The third-order valence-electron chi connectivity index (χ3n) is 6.52. The Labute approximate surface area is 197 Å². The van der Waals surface area contributed by atoms with E-state index in [0.29, 0.717) is 49.2 Å². The van der Waals surface area contributed by atoms with E-state index >= 15 is 0 Å². The summed E-state index contributed by atoms with van der Waals surface area (Å²) in [6.07, 6.45) is 6.68. The number of nitrogens with zero attached hydrogens (tertiary/aromatic N) is 5. The minimum Gasteiger partial charge on any atom is -0.381 e. The first-order valence-electron chi connectivity index (χ1n) is 11.4. The highest BCUT2D eigenvalue weighted by molar-refractivity contribution is 7.92. The number of amides is 1. The summed E-state index contributed by atoms with van der Waals surface area (Å²) in [7, 11) is -1.79. The predicted molar refractivity (Wildman–Crippen MR) is 125 cm³/mol. The Morgan fingerprint density at radius 1 is 1.29 bits per heavy atom. The molecule has 1 N–H and O–H groups in total. The van der Waals surface area contributed by atoms with Crippen molar-refractivity contribution in [3.05, 3.63) is 42.0 Å². The van der Waals surface area contributed by atoms with E-state index < -0.39 is 21.1 Å². The quantitative estimate of drug-likeness (QED) is 0.518. The highest BCUT2D eigenvalue weighted by atomic mass is 32.2. The molecule has 2 aromatic heterocycles. The highest BCUT2D eigenvalue weighted by Crippen LogP contribution is 2.39. The number of ether oxygens (including phenoxy) is 1. The summed E-state index contributed by atoms with van der Waals surface area (Å²) in [6.45, 7) is 8.80. The number of hydrogen-bond acceptors (Lipinski definition) is 6. The van der Waals surface area contributed by atoms with Crippen molar-refractivity contribution in [1.29, 1.82) is 0 Å². The van der Waals surface area contributed by atoms with Crippen molar-refractivity contribution in [2.24, 2.45) is 13.0 Å². The number of hydrogen-bond donors (Lipinski definition) is 1. The summed E-state index contributed by atoms with van der Waals surface area (Å²) in [5.74, 6) is 0.404. The molecular weight excluding hydrogens is 456 g/mol. The first-order valence-corrected chi connectivity index (χ1v) is 12.9. The number of benzene rings is 1. The molecule has 3 heterocycles. The fourth-order valence-electron chi connectivity index (χ4n) is 4.51. The van der Waals surface area contributed by atoms with E-state index in [1.54, 1.807) is 34.7 Å². The average molecular weight is 483 g/mol. The van der Waals surface area contributed by atoms with Crippen LogP contribution in [0.4, 0.5) is 11.5 Å². The number of carbonyl (C=O) groups is 1. The number of rotatable bonds is 7. The molecule has 1 saturated carbocycles. The standard InChI is InChI=1S/C23H26N6O4S/c1-24-16-12-19-18(21(13-16)34(31,32)17-3-4-17)14-25-29(19)20(11-15-6-9-33-10-7-15)23(30)26-22-5-8-28(2)27-22/h5,8,12-15,17,20H,3-4,6-7,9-11H2,2H3,(H,26,27,30)/t20-/m0/s1. The largest absolute Gasteiger partial charge is 0.381 e. The molecule has 2 fully saturated rings. The minimum atomic E-state index is -3.56. The second-order valence-electron chi connectivity index (χ2n) is 8.99. The van der Waals surface area contributed by atoms with Gasteiger partial charge < -0.3 is 10.1 Å². The molecule has 0 unspecified atom stereocenters. The Morgan fingerprint density at radius 2 is 2.06 bits per heavy atom. The summed E-state index contributed by atoms with van der Waals surface area (Å²) in [4.78, 5) is 17.1. The minimum absolute atomic E-state index is 0.125. The van der Waals surface area contributed by atoms with Crippen LogP contribution in [0.25, 0.3) is 15.7 Å². The number of aryl methyl sites for hydroxylation is 1. The van der Waals surface area contributed by atoms with Crippen LogP contribution >= 0.6 is 0 Å². The van der Waals surface area contributed by atoms with Crippen LogP contribution in [0, 0.1) is 12.5 Å². The summed E-state index contributed by atoms with van der Waals surface area (Å²) in [6, 6.07) is 4.06. The first-order chi connectivity index (χ1) is 16.4. The van der Waals surface area contributed by atoms with Gasteiger partial charge in [0, 0.05) is 37.9 Å². The summed E-state index contributed by atoms with van der Waals surface area (Å²) < 4.78 is 34.9. The Hall–Kier alpha value is -3.23. The highest BCUT2D eigenvalue weighted by Gasteiger charge is 2.39. The smallest absolute Gasteiger partial charge is 0.250 e. The Bertz CT molecular complexity index is 1380. The first kappa shape index (κ1) is 22.6. The monoisotopic (exact) mass is 482 g/mol. The molecule has 3 aromatic rings. The van der Waals surface area contributed by atoms with Gasteiger partial charge in [-0.15, -0.1) is 0 Å². The van der Waals surface area contributed by atoms with E-state index in [2.05, 4.69) is 20.4 Å². The second-order valence-corrected chi connectivity index (χ2v) is 11.2. The molecule has 1 amide bonds. The molecule has 1 aliphatic heterocycles. The lowest BCUT2D eigenvalue weighted by molar-refractivity contribution is -0.120. The van der Waals surface area contributed by atoms with Gasteiger partial charge in [0.1, 0.15) is 6.04 Å². The molecule has 34 heavy (non-hydrogen) atoms. The van der Waals surface area contributed by atoms with Crippen LogP contribution in [-0.4, -0.2) is 52.3 Å². The number of nitrogens with one attached hydrogen (secondary N) is 1. The number of aromatic nitrogens is 4. The molecule has 5 rings (SSSR count). The van der Waals surface area contributed by atoms with Crippen molar-refractivity contribution in [3.8, 4) is 0 Å². The maximum Gasteiger partial charge on any atom is 0.250 e. The molecule has 0 bridgehead atoms. The van der Waals surface area contributed by atoms with Gasteiger partial charge in [0.25, 0.3) is 0 Å². The van der Waals surface area contributed by atoms with Crippen molar-refractivity contribution >= 4 is 38.2 Å². The zero-order chi connectivity index (χ0) is 23.9. The summed E-state index contributed by atoms with van der Waals surface area (Å²) in [5, 5.41) is 11.6. The molecule has 1 aromatic carbocycles. The molecular formula is C23H26N6O4S. The number of carbonyl (C=O) groups excluding carboxylic acids is 1. The average Bonchev–Trinajstić information content (AvgIpc) is 3.51. The van der Waals surface area contributed by atoms with Crippen molar-refractivity contribution in [2.75, 3.05) is 18.5 Å². The third kappa shape index (κ3) is 4.31. The van der Waals surface area contributed by atoms with Gasteiger partial charge in [-0.3, -0.25) is 14.2 Å². The second kappa shape index (κ2) is 8.85. The van der Waals surface area contributed by atoms with E-state index in [9.17, 15) is 13.2 Å². The van der Waals surface area contributed by atoms with E-state index in [4.69, 9.17) is 11.3 Å². The van der Waals surface area contributed by atoms with Crippen LogP contribution in [0.15, 0.2) is 35.5 Å². The topological polar surface area (TPSA) is 112 Å². The van der Waals surface area contributed by atoms with Crippen LogP contribution in [-0.2, 0) is 26.4 Å². The van der Waals surface area contributed by atoms with Gasteiger partial charge in [0.15, 0.2) is 21.3 Å². The van der Waals surface area contributed by atoms with E-state index in [-0.39, 0.29) is 22.4 Å². The Kier molecular flexibility index (Phi) is 5.87. The van der Waals surface area contributed by atoms with Crippen molar-refractivity contribution < 1.29 is 17.9 Å². The van der Waals surface area contributed by atoms with E-state index in [1.165, 1.54) is 12.3 Å². The number of fused-ring (bicyclic) bond motifs is 1. The van der Waals surface area contributed by atoms with Gasteiger partial charge in [-0.05, 0) is 50.2 Å². The van der Waals surface area contributed by atoms with Crippen LogP contribution in [0.2, 0.25) is 0 Å². The molecule has 1 aliphatic carbocycles. The van der Waals surface area contributed by atoms with Gasteiger partial charge in [0.05, 0.1) is 28.4 Å². The lowest BCUT2D eigenvalue weighted by Crippen LogP contribution is -2.30. The third-order valence-corrected chi connectivity index (χ3v) is 8.82. The molecule has 0 spiro atoms. The van der Waals surface area contributed by atoms with Crippen LogP contribution < -0.4 is 5.32 Å². The lowest BCUT2D eigenvalue weighted by Gasteiger charge is -2.26. The fourth-order valence-corrected chi connectivity index (χ4v) is 6.38. The predicted octanol–water partition coefficient (Wildman–Crippen LogP) is 3.25. The Morgan fingerprint density at radius 3 is 2.71 bits per heavy atom. The normalized spacial score (nSPS) is 18.0.